The number of hydrogen-bond donors (Lipinski definition) is 1. The van der Waals surface area contributed by atoms with Gasteiger partial charge in [0.25, 0.3) is 0 Å². The monoisotopic (exact) mass is 237 g/mol. The smallest absolute Gasteiger partial charge is 0.114 e. The van der Waals surface area contributed by atoms with Gasteiger partial charge < -0.3 is 4.90 Å². The number of hydrogen-bond acceptors (Lipinski definition) is 3. The van der Waals surface area contributed by atoms with Crippen molar-refractivity contribution >= 4 is 17.3 Å². The van der Waals surface area contributed by atoms with Crippen LogP contribution in [0.5, 0.6) is 0 Å². The first-order valence-corrected chi connectivity index (χ1v) is 5.31. The Morgan fingerprint density at radius 2 is 2.06 bits per heavy atom. The molecular formula is C12H16ClN3. The molecule has 0 aliphatic heterocycles. The van der Waals surface area contributed by atoms with Crippen molar-refractivity contribution in [1.82, 2.24) is 4.90 Å². The number of rotatable bonds is 6. The molecule has 0 saturated carbocycles. The van der Waals surface area contributed by atoms with E-state index in [0.29, 0.717) is 6.42 Å². The van der Waals surface area contributed by atoms with Crippen LogP contribution in [0.15, 0.2) is 35.5 Å². The first kappa shape index (κ1) is 14.5. The summed E-state index contributed by atoms with van der Waals surface area (Å²) in [6.07, 6.45) is 8.58. The van der Waals surface area contributed by atoms with Crippen molar-refractivity contribution in [2.45, 2.75) is 12.8 Å². The van der Waals surface area contributed by atoms with Gasteiger partial charge in [0.2, 0.25) is 0 Å². The summed E-state index contributed by atoms with van der Waals surface area (Å²) >= 11 is 5.46. The normalized spacial score (nSPS) is 12.0. The molecule has 0 aliphatic rings. The molecule has 0 aromatic rings. The summed E-state index contributed by atoms with van der Waals surface area (Å²) in [6.45, 7) is 0. The summed E-state index contributed by atoms with van der Waals surface area (Å²) in [7, 11) is 3.91. The molecule has 0 aliphatic carbocycles. The summed E-state index contributed by atoms with van der Waals surface area (Å²) < 4.78 is 0. The minimum atomic E-state index is 0.0664. The maximum absolute atomic E-state index is 8.39. The summed E-state index contributed by atoms with van der Waals surface area (Å²) in [4.78, 5) is 2.00. The van der Waals surface area contributed by atoms with Crippen LogP contribution in [0.3, 0.4) is 0 Å². The quantitative estimate of drug-likeness (QED) is 0.570. The lowest BCUT2D eigenvalue weighted by Gasteiger charge is -2.14. The molecule has 0 aromatic carbocycles. The van der Waals surface area contributed by atoms with Crippen molar-refractivity contribution in [3.05, 3.63) is 35.5 Å². The van der Waals surface area contributed by atoms with Crippen molar-refractivity contribution < 1.29 is 0 Å². The number of nitriles is 1. The zero-order chi connectivity index (χ0) is 12.4. The second kappa shape index (κ2) is 8.75. The molecule has 0 fully saturated rings. The average molecular weight is 238 g/mol. The molecule has 3 nitrogen and oxygen atoms in total. The molecule has 4 heteroatoms. The largest absolute Gasteiger partial charge is 0.381 e. The van der Waals surface area contributed by atoms with Gasteiger partial charge in [0, 0.05) is 38.2 Å². The fraction of sp³-hybridized carbons (Fsp3) is 0.333. The molecule has 0 bridgehead atoms. The van der Waals surface area contributed by atoms with Gasteiger partial charge in [-0.3, -0.25) is 5.41 Å². The molecule has 1 N–H and O–H groups in total. The maximum atomic E-state index is 8.39. The van der Waals surface area contributed by atoms with Gasteiger partial charge in [-0.2, -0.15) is 5.26 Å². The van der Waals surface area contributed by atoms with Gasteiger partial charge in [-0.25, -0.2) is 0 Å². The molecule has 0 spiro atoms. The van der Waals surface area contributed by atoms with Gasteiger partial charge >= 0.3 is 0 Å². The summed E-state index contributed by atoms with van der Waals surface area (Å²) in [6, 6.07) is 1.78. The first-order chi connectivity index (χ1) is 7.61. The lowest BCUT2D eigenvalue weighted by atomic mass is 10.2. The molecule has 0 rings (SSSR count). The third kappa shape index (κ3) is 6.86. The van der Waals surface area contributed by atoms with Gasteiger partial charge in [-0.15, -0.1) is 0 Å². The molecule has 0 aromatic heterocycles. The summed E-state index contributed by atoms with van der Waals surface area (Å²) in [5, 5.41) is 15.5. The van der Waals surface area contributed by atoms with Crippen molar-refractivity contribution in [3.8, 4) is 6.07 Å². The van der Waals surface area contributed by atoms with Gasteiger partial charge in [0.15, 0.2) is 0 Å². The van der Waals surface area contributed by atoms with Gasteiger partial charge in [-0.05, 0) is 6.08 Å². The van der Waals surface area contributed by atoms with E-state index in [9.17, 15) is 0 Å². The van der Waals surface area contributed by atoms with E-state index in [4.69, 9.17) is 22.3 Å². The lowest BCUT2D eigenvalue weighted by molar-refractivity contribution is 0.501. The van der Waals surface area contributed by atoms with Crippen molar-refractivity contribution in [2.24, 2.45) is 0 Å². The Labute approximate surface area is 102 Å². The Bertz CT molecular complexity index is 346. The molecule has 0 heterocycles. The topological polar surface area (TPSA) is 50.9 Å². The average Bonchev–Trinajstić information content (AvgIpc) is 2.27. The Morgan fingerprint density at radius 3 is 2.56 bits per heavy atom. The van der Waals surface area contributed by atoms with E-state index >= 15 is 0 Å². The van der Waals surface area contributed by atoms with E-state index in [0.717, 1.165) is 12.1 Å². The van der Waals surface area contributed by atoms with Crippen LogP contribution in [0.4, 0.5) is 0 Å². The van der Waals surface area contributed by atoms with Crippen LogP contribution in [0.1, 0.15) is 12.8 Å². The molecule has 0 atom stereocenters. The lowest BCUT2D eigenvalue weighted by Crippen LogP contribution is -2.10. The molecule has 0 saturated heterocycles. The van der Waals surface area contributed by atoms with Gasteiger partial charge in [-0.1, -0.05) is 29.8 Å². The van der Waals surface area contributed by atoms with E-state index in [1.165, 1.54) is 5.54 Å². The van der Waals surface area contributed by atoms with E-state index < -0.39 is 0 Å². The number of halogens is 1. The second-order valence-electron chi connectivity index (χ2n) is 3.34. The Kier molecular flexibility index (Phi) is 7.92. The number of allylic oxidation sites excluding steroid dienone is 4. The fourth-order valence-corrected chi connectivity index (χ4v) is 1.06. The summed E-state index contributed by atoms with van der Waals surface area (Å²) in [5.74, 6) is 0. The Balaban J connectivity index is 4.34. The molecule has 86 valence electrons. The van der Waals surface area contributed by atoms with Crippen LogP contribution in [-0.2, 0) is 0 Å². The number of nitrogens with one attached hydrogen (secondary N) is 1. The highest BCUT2D eigenvalue weighted by atomic mass is 35.5. The maximum Gasteiger partial charge on any atom is 0.114 e. The van der Waals surface area contributed by atoms with Crippen LogP contribution < -0.4 is 0 Å². The third-order valence-corrected chi connectivity index (χ3v) is 2.05. The molecule has 0 amide bonds. The van der Waals surface area contributed by atoms with E-state index in [2.05, 4.69) is 0 Å². The first-order valence-electron chi connectivity index (χ1n) is 4.87. The van der Waals surface area contributed by atoms with E-state index in [-0.39, 0.29) is 5.71 Å². The van der Waals surface area contributed by atoms with Gasteiger partial charge in [0.05, 0.1) is 0 Å². The van der Waals surface area contributed by atoms with Crippen molar-refractivity contribution in [1.29, 1.82) is 10.7 Å². The van der Waals surface area contributed by atoms with Gasteiger partial charge in [0.1, 0.15) is 11.8 Å². The molecule has 0 unspecified atom stereocenters. The molecule has 0 radical (unpaired) electrons. The fourth-order valence-electron chi connectivity index (χ4n) is 0.976. The standard InChI is InChI=1S/C12H16ClN3/c1-16(2)12(8-5-9-13)7-4-3-6-11(15)10-14/h3-5,7,9,15H,6,8H2,1-2H3/b4-3-,9-5+,12-7+,15-11?. The SMILES string of the molecule is CN(C)/C(=C/C=C\CC(=N)C#N)C/C=C/Cl. The zero-order valence-corrected chi connectivity index (χ0v) is 10.3. The van der Waals surface area contributed by atoms with Crippen LogP contribution in [0, 0.1) is 16.7 Å². The van der Waals surface area contributed by atoms with Crippen molar-refractivity contribution in [2.75, 3.05) is 14.1 Å². The predicted octanol–water partition coefficient (Wildman–Crippen LogP) is 3.06. The van der Waals surface area contributed by atoms with E-state index in [1.54, 1.807) is 12.1 Å². The predicted molar refractivity (Wildman–Crippen MR) is 68.5 cm³/mol. The number of nitrogens with zero attached hydrogens (tertiary/aromatic N) is 2. The Hall–Kier alpha value is -1.53. The highest BCUT2D eigenvalue weighted by Gasteiger charge is 1.94. The minimum Gasteiger partial charge on any atom is -0.381 e. The molecule has 16 heavy (non-hydrogen) atoms. The zero-order valence-electron chi connectivity index (χ0n) is 9.57. The van der Waals surface area contributed by atoms with Crippen LogP contribution in [0.25, 0.3) is 0 Å². The minimum absolute atomic E-state index is 0.0664. The second-order valence-corrected chi connectivity index (χ2v) is 3.59. The highest BCUT2D eigenvalue weighted by Crippen LogP contribution is 2.06. The summed E-state index contributed by atoms with van der Waals surface area (Å²) in [5.41, 5.74) is 2.67. The van der Waals surface area contributed by atoms with E-state index in [1.807, 2.05) is 37.2 Å². The third-order valence-electron chi connectivity index (χ3n) is 1.87. The van der Waals surface area contributed by atoms with Crippen molar-refractivity contribution in [3.63, 3.8) is 0 Å². The van der Waals surface area contributed by atoms with Crippen LogP contribution in [0.2, 0.25) is 0 Å². The highest BCUT2D eigenvalue weighted by molar-refractivity contribution is 6.25. The Morgan fingerprint density at radius 1 is 1.38 bits per heavy atom. The van der Waals surface area contributed by atoms with Crippen LogP contribution in [-0.4, -0.2) is 24.7 Å². The van der Waals surface area contributed by atoms with Crippen LogP contribution >= 0.6 is 11.6 Å². The molecular weight excluding hydrogens is 222 g/mol.